The first-order chi connectivity index (χ1) is 26.7. The summed E-state index contributed by atoms with van der Waals surface area (Å²) in [6.45, 7) is 2.60. The predicted octanol–water partition coefficient (Wildman–Crippen LogP) is 7.21. The zero-order chi connectivity index (χ0) is 38.2. The van der Waals surface area contributed by atoms with E-state index >= 15 is 0 Å². The second kappa shape index (κ2) is 15.0. The van der Waals surface area contributed by atoms with Crippen molar-refractivity contribution in [1.29, 1.82) is 0 Å². The quantitative estimate of drug-likeness (QED) is 0.127. The summed E-state index contributed by atoms with van der Waals surface area (Å²) in [6.07, 6.45) is 3.47. The molecule has 0 saturated carbocycles. The number of hydrogen-bond acceptors (Lipinski definition) is 8. The number of benzene rings is 4. The van der Waals surface area contributed by atoms with Crippen LogP contribution in [0, 0.1) is 0 Å². The molecule has 4 aromatic carbocycles. The molecule has 280 valence electrons. The number of carbonyl (C=O) groups is 2. The van der Waals surface area contributed by atoms with Crippen molar-refractivity contribution in [3.8, 4) is 22.8 Å². The smallest absolute Gasteiger partial charge is 0.245 e. The first-order valence-electron chi connectivity index (χ1n) is 18.6. The monoisotopic (exact) mass is 735 g/mol. The zero-order valence-corrected chi connectivity index (χ0v) is 31.7. The predicted molar refractivity (Wildman–Crippen MR) is 213 cm³/mol. The van der Waals surface area contributed by atoms with Crippen LogP contribution < -0.4 is 5.32 Å². The van der Waals surface area contributed by atoms with E-state index in [1.807, 2.05) is 147 Å². The Balaban J connectivity index is 1.01. The number of aromatic amines is 2. The number of para-hydroxylation sites is 1. The number of nitrogens with zero attached hydrogens (tertiary/aromatic N) is 6. The Morgan fingerprint density at radius 2 is 1.55 bits per heavy atom. The van der Waals surface area contributed by atoms with Crippen LogP contribution in [0.1, 0.15) is 66.7 Å². The number of aromatic nitrogens is 5. The van der Waals surface area contributed by atoms with Gasteiger partial charge in [-0.1, -0.05) is 66.7 Å². The van der Waals surface area contributed by atoms with Gasteiger partial charge in [0.25, 0.3) is 0 Å². The standard InChI is InChI=1S/C43H45N9O3/c1-26(45-41(53)37(50(2)3)27-14-8-6-9-15-27)39-47-32-19-12-18-30(36(32)49-39)42-44-25-35(55-42)29-21-22-31-33(24-29)48-40(46-31)34-20-13-23-52(34)43(54)38(51(4)5)28-16-10-7-11-17-28/h6-12,14-19,21-22,24-26,34,37-38H,13,20,23H2,1-5H3,(H,45,53)(H,46,48)(H,47,49)/t26-,34-,37+,38+/m0/s1. The highest BCUT2D eigenvalue weighted by Gasteiger charge is 2.37. The van der Waals surface area contributed by atoms with E-state index in [2.05, 4.69) is 20.3 Å². The number of fused-ring (bicyclic) bond motifs is 2. The van der Waals surface area contributed by atoms with Gasteiger partial charge >= 0.3 is 0 Å². The van der Waals surface area contributed by atoms with Crippen molar-refractivity contribution in [1.82, 2.24) is 44.9 Å². The number of amides is 2. The van der Waals surface area contributed by atoms with E-state index in [0.717, 1.165) is 57.5 Å². The molecule has 7 aromatic rings. The van der Waals surface area contributed by atoms with E-state index in [-0.39, 0.29) is 29.9 Å². The average Bonchev–Trinajstić information content (AvgIpc) is 4.00. The molecule has 12 heteroatoms. The van der Waals surface area contributed by atoms with Crippen molar-refractivity contribution in [3.05, 3.63) is 126 Å². The molecule has 8 rings (SSSR count). The highest BCUT2D eigenvalue weighted by Crippen LogP contribution is 2.36. The van der Waals surface area contributed by atoms with Crippen LogP contribution in [0.25, 0.3) is 44.8 Å². The summed E-state index contributed by atoms with van der Waals surface area (Å²) in [4.78, 5) is 54.7. The largest absolute Gasteiger partial charge is 0.436 e. The Morgan fingerprint density at radius 1 is 0.836 bits per heavy atom. The van der Waals surface area contributed by atoms with E-state index in [0.29, 0.717) is 29.5 Å². The summed E-state index contributed by atoms with van der Waals surface area (Å²) >= 11 is 0. The number of carbonyl (C=O) groups excluding carboxylic acids is 2. The van der Waals surface area contributed by atoms with Gasteiger partial charge in [0.15, 0.2) is 5.76 Å². The number of likely N-dealkylation sites (N-methyl/N-ethyl adjacent to an activating group) is 2. The molecule has 0 bridgehead atoms. The van der Waals surface area contributed by atoms with Crippen LogP contribution in [-0.4, -0.2) is 86.2 Å². The third-order valence-electron chi connectivity index (χ3n) is 10.4. The number of hydrogen-bond donors (Lipinski definition) is 3. The Hall–Kier alpha value is -6.11. The van der Waals surface area contributed by atoms with E-state index in [9.17, 15) is 9.59 Å². The number of oxazole rings is 1. The minimum atomic E-state index is -0.441. The summed E-state index contributed by atoms with van der Waals surface area (Å²) in [7, 11) is 7.68. The maximum absolute atomic E-state index is 14.0. The fourth-order valence-corrected chi connectivity index (χ4v) is 7.75. The lowest BCUT2D eigenvalue weighted by molar-refractivity contribution is -0.137. The van der Waals surface area contributed by atoms with Gasteiger partial charge in [-0.3, -0.25) is 19.4 Å². The molecule has 1 aliphatic rings. The van der Waals surface area contributed by atoms with Gasteiger partial charge in [-0.05, 0) is 89.4 Å². The fourth-order valence-electron chi connectivity index (χ4n) is 7.75. The SMILES string of the molecule is C[C@H](NC(=O)[C@@H](c1ccccc1)N(C)C)c1nc2c(-c3ncc(-c4ccc5[nH]c([C@@H]6CCCN6C(=O)[C@@H](c6ccccc6)N(C)C)nc5c4)o3)cccc2[nH]1. The molecule has 2 amide bonds. The van der Waals surface area contributed by atoms with Crippen LogP contribution in [0.3, 0.4) is 0 Å². The number of nitrogens with one attached hydrogen (secondary N) is 3. The van der Waals surface area contributed by atoms with Gasteiger partial charge in [-0.15, -0.1) is 0 Å². The molecule has 0 aliphatic carbocycles. The molecule has 1 aliphatic heterocycles. The lowest BCUT2D eigenvalue weighted by atomic mass is 10.0. The number of likely N-dealkylation sites (tertiary alicyclic amines) is 1. The molecular weight excluding hydrogens is 691 g/mol. The Labute approximate surface area is 319 Å². The molecule has 12 nitrogen and oxygen atoms in total. The van der Waals surface area contributed by atoms with Crippen LogP contribution in [-0.2, 0) is 9.59 Å². The molecule has 4 heterocycles. The van der Waals surface area contributed by atoms with Gasteiger partial charge in [-0.2, -0.15) is 0 Å². The minimum Gasteiger partial charge on any atom is -0.436 e. The van der Waals surface area contributed by atoms with Crippen LogP contribution in [0.4, 0.5) is 0 Å². The summed E-state index contributed by atoms with van der Waals surface area (Å²) in [5.41, 5.74) is 6.65. The summed E-state index contributed by atoms with van der Waals surface area (Å²) in [6, 6.07) is 30.1. The van der Waals surface area contributed by atoms with Gasteiger partial charge in [0.05, 0.1) is 40.4 Å². The molecule has 1 saturated heterocycles. The lowest BCUT2D eigenvalue weighted by Crippen LogP contribution is -2.40. The van der Waals surface area contributed by atoms with Crippen molar-refractivity contribution in [2.24, 2.45) is 0 Å². The number of H-pyrrole nitrogens is 2. The molecule has 1 fully saturated rings. The van der Waals surface area contributed by atoms with E-state index in [1.165, 1.54) is 0 Å². The van der Waals surface area contributed by atoms with E-state index < -0.39 is 6.04 Å². The average molecular weight is 736 g/mol. The zero-order valence-electron chi connectivity index (χ0n) is 31.7. The van der Waals surface area contributed by atoms with Crippen molar-refractivity contribution in [2.75, 3.05) is 34.7 Å². The lowest BCUT2D eigenvalue weighted by Gasteiger charge is -2.31. The molecule has 3 aromatic heterocycles. The highest BCUT2D eigenvalue weighted by atomic mass is 16.4. The molecule has 0 spiro atoms. The minimum absolute atomic E-state index is 0.0771. The topological polar surface area (TPSA) is 139 Å². The molecule has 0 unspecified atom stereocenters. The fraction of sp³-hybridized carbons (Fsp3) is 0.279. The maximum Gasteiger partial charge on any atom is 0.245 e. The molecule has 0 radical (unpaired) electrons. The highest BCUT2D eigenvalue weighted by molar-refractivity contribution is 5.90. The second-order valence-electron chi connectivity index (χ2n) is 14.7. The first kappa shape index (κ1) is 35.9. The van der Waals surface area contributed by atoms with E-state index in [4.69, 9.17) is 14.4 Å². The Bertz CT molecular complexity index is 2450. The normalized spacial score (nSPS) is 16.3. The number of imidazole rings is 2. The Morgan fingerprint density at radius 3 is 2.25 bits per heavy atom. The Kier molecular flexibility index (Phi) is 9.76. The molecule has 3 N–H and O–H groups in total. The van der Waals surface area contributed by atoms with Gasteiger partial charge < -0.3 is 24.6 Å². The summed E-state index contributed by atoms with van der Waals surface area (Å²) in [5, 5.41) is 3.14. The molecule has 55 heavy (non-hydrogen) atoms. The molecular formula is C43H45N9O3. The summed E-state index contributed by atoms with van der Waals surface area (Å²) < 4.78 is 6.36. The number of rotatable bonds is 11. The third-order valence-corrected chi connectivity index (χ3v) is 10.4. The van der Waals surface area contributed by atoms with Crippen LogP contribution in [0.5, 0.6) is 0 Å². The van der Waals surface area contributed by atoms with Crippen molar-refractivity contribution in [3.63, 3.8) is 0 Å². The van der Waals surface area contributed by atoms with Crippen molar-refractivity contribution >= 4 is 33.9 Å². The van der Waals surface area contributed by atoms with E-state index in [1.54, 1.807) is 6.20 Å². The summed E-state index contributed by atoms with van der Waals surface area (Å²) in [5.74, 6) is 2.41. The van der Waals surface area contributed by atoms with Gasteiger partial charge in [0.2, 0.25) is 17.7 Å². The van der Waals surface area contributed by atoms with Crippen LogP contribution in [0.2, 0.25) is 0 Å². The maximum atomic E-state index is 14.0. The second-order valence-corrected chi connectivity index (χ2v) is 14.7. The first-order valence-corrected chi connectivity index (χ1v) is 18.6. The van der Waals surface area contributed by atoms with Gasteiger partial charge in [0.1, 0.15) is 29.2 Å². The van der Waals surface area contributed by atoms with Crippen LogP contribution in [0.15, 0.2) is 108 Å². The van der Waals surface area contributed by atoms with Crippen molar-refractivity contribution < 1.29 is 14.0 Å². The van der Waals surface area contributed by atoms with Crippen molar-refractivity contribution in [2.45, 2.75) is 43.9 Å². The van der Waals surface area contributed by atoms with Gasteiger partial charge in [0, 0.05) is 12.1 Å². The van der Waals surface area contributed by atoms with Crippen LogP contribution >= 0.6 is 0 Å². The van der Waals surface area contributed by atoms with Gasteiger partial charge in [-0.25, -0.2) is 15.0 Å². The third kappa shape index (κ3) is 7.02. The molecule has 4 atom stereocenters.